The molecule has 1 heterocycles. The monoisotopic (exact) mass is 312 g/mol. The van der Waals surface area contributed by atoms with Gasteiger partial charge in [-0.3, -0.25) is 0 Å². The molecular formula is C15H18F2N2OS. The number of benzene rings is 1. The van der Waals surface area contributed by atoms with E-state index >= 15 is 0 Å². The fraction of sp³-hybridized carbons (Fsp3) is 0.400. The van der Waals surface area contributed by atoms with E-state index in [-0.39, 0.29) is 5.56 Å². The first kappa shape index (κ1) is 16.0. The van der Waals surface area contributed by atoms with Gasteiger partial charge in [-0.25, -0.2) is 13.8 Å². The lowest BCUT2D eigenvalue weighted by Gasteiger charge is -2.18. The summed E-state index contributed by atoms with van der Waals surface area (Å²) < 4.78 is 26.2. The summed E-state index contributed by atoms with van der Waals surface area (Å²) in [4.78, 5) is 7.43. The lowest BCUT2D eigenvalue weighted by molar-refractivity contribution is 0.147. The third kappa shape index (κ3) is 4.56. The van der Waals surface area contributed by atoms with E-state index in [0.717, 1.165) is 18.3 Å². The zero-order chi connectivity index (χ0) is 15.4. The smallest absolute Gasteiger partial charge is 0.126 e. The van der Waals surface area contributed by atoms with E-state index in [1.807, 2.05) is 19.5 Å². The van der Waals surface area contributed by atoms with E-state index in [1.54, 1.807) is 11.3 Å². The first-order valence-electron chi connectivity index (χ1n) is 6.67. The second kappa shape index (κ2) is 7.06. The molecule has 2 rings (SSSR count). The van der Waals surface area contributed by atoms with Crippen molar-refractivity contribution in [2.45, 2.75) is 26.0 Å². The number of nitrogens with zero attached hydrogens (tertiary/aromatic N) is 2. The summed E-state index contributed by atoms with van der Waals surface area (Å²) in [5.41, 5.74) is 3.09. The normalized spacial score (nSPS) is 12.9. The Hall–Kier alpha value is -1.37. The second-order valence-corrected chi connectivity index (χ2v) is 6.05. The van der Waals surface area contributed by atoms with E-state index in [0.29, 0.717) is 13.0 Å². The van der Waals surface area contributed by atoms with E-state index < -0.39 is 17.7 Å². The molecule has 6 heteroatoms. The summed E-state index contributed by atoms with van der Waals surface area (Å²) >= 11 is 1.60. The Morgan fingerprint density at radius 3 is 2.52 bits per heavy atom. The molecule has 1 unspecified atom stereocenters. The average Bonchev–Trinajstić information content (AvgIpc) is 2.80. The molecule has 1 aromatic heterocycles. The SMILES string of the molecule is Cc1ncsc1CN(C)CCC(O)c1cc(F)cc(F)c1. The molecule has 0 spiro atoms. The van der Waals surface area contributed by atoms with Gasteiger partial charge in [0.15, 0.2) is 0 Å². The van der Waals surface area contributed by atoms with Crippen LogP contribution in [0.25, 0.3) is 0 Å². The van der Waals surface area contributed by atoms with Gasteiger partial charge in [-0.2, -0.15) is 0 Å². The van der Waals surface area contributed by atoms with Gasteiger partial charge in [0, 0.05) is 24.0 Å². The summed E-state index contributed by atoms with van der Waals surface area (Å²) in [6, 6.07) is 3.14. The highest BCUT2D eigenvalue weighted by molar-refractivity contribution is 7.09. The van der Waals surface area contributed by atoms with Gasteiger partial charge in [-0.15, -0.1) is 11.3 Å². The van der Waals surface area contributed by atoms with Crippen LogP contribution < -0.4 is 0 Å². The molecule has 21 heavy (non-hydrogen) atoms. The van der Waals surface area contributed by atoms with Crippen molar-refractivity contribution in [1.29, 1.82) is 0 Å². The van der Waals surface area contributed by atoms with Gasteiger partial charge in [-0.05, 0) is 38.1 Å². The number of halogens is 2. The average molecular weight is 312 g/mol. The van der Waals surface area contributed by atoms with E-state index in [9.17, 15) is 13.9 Å². The lowest BCUT2D eigenvalue weighted by Crippen LogP contribution is -2.21. The minimum atomic E-state index is -0.875. The molecule has 0 radical (unpaired) electrons. The molecule has 1 aromatic carbocycles. The first-order chi connectivity index (χ1) is 9.95. The zero-order valence-corrected chi connectivity index (χ0v) is 12.8. The summed E-state index contributed by atoms with van der Waals surface area (Å²) in [7, 11) is 1.94. The summed E-state index contributed by atoms with van der Waals surface area (Å²) in [5.74, 6) is -1.34. The van der Waals surface area contributed by atoms with Gasteiger partial charge >= 0.3 is 0 Å². The molecule has 0 aliphatic heterocycles. The number of aryl methyl sites for hydroxylation is 1. The lowest BCUT2D eigenvalue weighted by atomic mass is 10.1. The van der Waals surface area contributed by atoms with Crippen LogP contribution in [0.1, 0.15) is 28.7 Å². The third-order valence-corrected chi connectivity index (χ3v) is 4.23. The minimum absolute atomic E-state index is 0.273. The number of hydrogen-bond acceptors (Lipinski definition) is 4. The first-order valence-corrected chi connectivity index (χ1v) is 7.55. The molecule has 0 fully saturated rings. The Kier molecular flexibility index (Phi) is 5.39. The molecule has 2 aromatic rings. The standard InChI is InChI=1S/C15H18F2N2OS/c1-10-15(21-9-18-10)8-19(2)4-3-14(20)11-5-12(16)7-13(17)6-11/h5-7,9,14,20H,3-4,8H2,1-2H3. The van der Waals surface area contributed by atoms with Crippen LogP contribution in [0.4, 0.5) is 8.78 Å². The predicted octanol–water partition coefficient (Wildman–Crippen LogP) is 3.29. The van der Waals surface area contributed by atoms with Crippen molar-refractivity contribution in [3.63, 3.8) is 0 Å². The topological polar surface area (TPSA) is 36.4 Å². The summed E-state index contributed by atoms with van der Waals surface area (Å²) in [5, 5.41) is 10.0. The molecule has 0 aliphatic carbocycles. The fourth-order valence-electron chi connectivity index (χ4n) is 2.08. The zero-order valence-electron chi connectivity index (χ0n) is 12.0. The van der Waals surface area contributed by atoms with Crippen LogP contribution in [-0.2, 0) is 6.54 Å². The van der Waals surface area contributed by atoms with E-state index in [2.05, 4.69) is 9.88 Å². The molecule has 0 aliphatic rings. The van der Waals surface area contributed by atoms with Crippen molar-refractivity contribution in [3.8, 4) is 0 Å². The Labute approximate surface area is 126 Å². The molecule has 1 atom stereocenters. The fourth-order valence-corrected chi connectivity index (χ4v) is 2.94. The maximum absolute atomic E-state index is 13.1. The molecule has 114 valence electrons. The van der Waals surface area contributed by atoms with E-state index in [1.165, 1.54) is 17.0 Å². The van der Waals surface area contributed by atoms with Gasteiger partial charge < -0.3 is 10.0 Å². The Bertz CT molecular complexity index is 583. The van der Waals surface area contributed by atoms with Gasteiger partial charge in [0.2, 0.25) is 0 Å². The van der Waals surface area contributed by atoms with Crippen molar-refractivity contribution in [2.75, 3.05) is 13.6 Å². The molecule has 0 amide bonds. The van der Waals surface area contributed by atoms with Crippen LogP contribution >= 0.6 is 11.3 Å². The van der Waals surface area contributed by atoms with E-state index in [4.69, 9.17) is 0 Å². The van der Waals surface area contributed by atoms with Crippen LogP contribution in [0.2, 0.25) is 0 Å². The summed E-state index contributed by atoms with van der Waals surface area (Å²) in [6.45, 7) is 3.33. The molecule has 0 saturated heterocycles. The number of thiazole rings is 1. The van der Waals surface area contributed by atoms with Gasteiger partial charge in [-0.1, -0.05) is 0 Å². The van der Waals surface area contributed by atoms with Crippen LogP contribution in [0.15, 0.2) is 23.7 Å². The van der Waals surface area contributed by atoms with Crippen molar-refractivity contribution in [2.24, 2.45) is 0 Å². The minimum Gasteiger partial charge on any atom is -0.388 e. The Balaban J connectivity index is 1.88. The van der Waals surface area contributed by atoms with Crippen LogP contribution in [0, 0.1) is 18.6 Å². The molecule has 0 saturated carbocycles. The second-order valence-electron chi connectivity index (χ2n) is 5.11. The van der Waals surface area contributed by atoms with Gasteiger partial charge in [0.1, 0.15) is 11.6 Å². The number of aliphatic hydroxyl groups excluding tert-OH is 1. The maximum Gasteiger partial charge on any atom is 0.126 e. The maximum atomic E-state index is 13.1. The van der Waals surface area contributed by atoms with Crippen LogP contribution in [0.3, 0.4) is 0 Å². The molecule has 0 bridgehead atoms. The van der Waals surface area contributed by atoms with Crippen molar-refractivity contribution < 1.29 is 13.9 Å². The quantitative estimate of drug-likeness (QED) is 0.889. The molecular weight excluding hydrogens is 294 g/mol. The molecule has 1 N–H and O–H groups in total. The molecule has 3 nitrogen and oxygen atoms in total. The third-order valence-electron chi connectivity index (χ3n) is 3.31. The highest BCUT2D eigenvalue weighted by atomic mass is 32.1. The number of aliphatic hydroxyl groups is 1. The van der Waals surface area contributed by atoms with Crippen molar-refractivity contribution >= 4 is 11.3 Å². The Morgan fingerprint density at radius 2 is 1.95 bits per heavy atom. The van der Waals surface area contributed by atoms with Gasteiger partial charge in [0.05, 0.1) is 17.3 Å². The Morgan fingerprint density at radius 1 is 1.29 bits per heavy atom. The summed E-state index contributed by atoms with van der Waals surface area (Å²) in [6.07, 6.45) is -0.461. The van der Waals surface area contributed by atoms with Crippen molar-refractivity contribution in [1.82, 2.24) is 9.88 Å². The van der Waals surface area contributed by atoms with Gasteiger partial charge in [0.25, 0.3) is 0 Å². The van der Waals surface area contributed by atoms with Crippen LogP contribution in [0.5, 0.6) is 0 Å². The largest absolute Gasteiger partial charge is 0.388 e. The van der Waals surface area contributed by atoms with Crippen LogP contribution in [-0.4, -0.2) is 28.6 Å². The number of hydrogen-bond donors (Lipinski definition) is 1. The highest BCUT2D eigenvalue weighted by Gasteiger charge is 2.12. The predicted molar refractivity (Wildman–Crippen MR) is 79.1 cm³/mol. The van der Waals surface area contributed by atoms with Crippen molar-refractivity contribution in [3.05, 3.63) is 51.5 Å². The highest BCUT2D eigenvalue weighted by Crippen LogP contribution is 2.20. The number of rotatable bonds is 6. The number of aromatic nitrogens is 1.